The fraction of sp³-hybridized carbons (Fsp3) is 0.167. The van der Waals surface area contributed by atoms with E-state index in [2.05, 4.69) is 0 Å². The summed E-state index contributed by atoms with van der Waals surface area (Å²) in [6.45, 7) is 0.153. The number of hydrogen-bond acceptors (Lipinski definition) is 3. The van der Waals surface area contributed by atoms with Gasteiger partial charge in [-0.1, -0.05) is 0 Å². The Hall–Kier alpha value is -0.830. The van der Waals surface area contributed by atoms with Crippen LogP contribution in [0.5, 0.6) is 5.06 Å². The molecule has 0 N–H and O–H groups in total. The van der Waals surface area contributed by atoms with Gasteiger partial charge in [0.05, 0.1) is 0 Å². The molecule has 1 rings (SSSR count). The number of ether oxygens (including phenoxy) is 1. The van der Waals surface area contributed by atoms with Gasteiger partial charge in [0, 0.05) is 0 Å². The molecule has 0 aliphatic heterocycles. The fourth-order valence-corrected chi connectivity index (χ4v) is 1.05. The molecule has 0 amide bonds. The quantitative estimate of drug-likeness (QED) is 0.595. The summed E-state index contributed by atoms with van der Waals surface area (Å²) >= 11 is 1.48. The fourth-order valence-electron chi connectivity index (χ4n) is 0.462. The average Bonchev–Trinajstić information content (AvgIpc) is 2.34. The summed E-state index contributed by atoms with van der Waals surface area (Å²) in [5.74, 6) is 0. The first-order valence-electron chi connectivity index (χ1n) is 2.53. The molecule has 9 heavy (non-hydrogen) atoms. The van der Waals surface area contributed by atoms with Crippen molar-refractivity contribution in [2.45, 2.75) is 0 Å². The normalized spacial score (nSPS) is 8.89. The zero-order valence-corrected chi connectivity index (χ0v) is 5.56. The van der Waals surface area contributed by atoms with E-state index in [4.69, 9.17) is 4.74 Å². The summed E-state index contributed by atoms with van der Waals surface area (Å²) in [5, 5.41) is 2.70. The van der Waals surface area contributed by atoms with E-state index in [0.717, 1.165) is 11.3 Å². The minimum atomic E-state index is 0.153. The lowest BCUT2D eigenvalue weighted by Gasteiger charge is -1.92. The average molecular weight is 142 g/mol. The van der Waals surface area contributed by atoms with Crippen LogP contribution in [0.2, 0.25) is 0 Å². The standard InChI is InChI=1S/C6H6O2S/c7-3-4-8-6-2-1-5-9-6/h1-3,5H,4H2. The molecular formula is C6H6O2S. The second-order valence-corrected chi connectivity index (χ2v) is 2.32. The summed E-state index contributed by atoms with van der Waals surface area (Å²) in [6.07, 6.45) is 0.736. The Labute approximate surface area is 57.1 Å². The minimum Gasteiger partial charge on any atom is -0.477 e. The van der Waals surface area contributed by atoms with E-state index in [9.17, 15) is 4.79 Å². The summed E-state index contributed by atoms with van der Waals surface area (Å²) in [6, 6.07) is 3.71. The molecule has 1 aromatic heterocycles. The highest BCUT2D eigenvalue weighted by Crippen LogP contribution is 2.17. The van der Waals surface area contributed by atoms with Crippen LogP contribution in [0.25, 0.3) is 0 Å². The molecule has 2 nitrogen and oxygen atoms in total. The van der Waals surface area contributed by atoms with Crippen molar-refractivity contribution in [3.05, 3.63) is 17.5 Å². The lowest BCUT2D eigenvalue weighted by Crippen LogP contribution is -1.94. The van der Waals surface area contributed by atoms with E-state index in [0.29, 0.717) is 0 Å². The van der Waals surface area contributed by atoms with Crippen LogP contribution in [0.3, 0.4) is 0 Å². The Morgan fingerprint density at radius 3 is 3.22 bits per heavy atom. The maximum Gasteiger partial charge on any atom is 0.174 e. The monoisotopic (exact) mass is 142 g/mol. The van der Waals surface area contributed by atoms with Gasteiger partial charge in [0.25, 0.3) is 0 Å². The summed E-state index contributed by atoms with van der Waals surface area (Å²) in [7, 11) is 0. The van der Waals surface area contributed by atoms with Crippen LogP contribution in [0.4, 0.5) is 0 Å². The molecule has 0 saturated carbocycles. The van der Waals surface area contributed by atoms with Crippen molar-refractivity contribution >= 4 is 17.6 Å². The SMILES string of the molecule is O=CCOc1cccs1. The van der Waals surface area contributed by atoms with E-state index in [1.165, 1.54) is 11.3 Å². The Kier molecular flexibility index (Phi) is 2.27. The minimum absolute atomic E-state index is 0.153. The van der Waals surface area contributed by atoms with Gasteiger partial charge in [-0.15, -0.1) is 11.3 Å². The highest BCUT2D eigenvalue weighted by atomic mass is 32.1. The molecule has 0 aliphatic rings. The van der Waals surface area contributed by atoms with Gasteiger partial charge in [0.2, 0.25) is 0 Å². The largest absolute Gasteiger partial charge is 0.477 e. The van der Waals surface area contributed by atoms with E-state index >= 15 is 0 Å². The molecule has 0 atom stereocenters. The Balaban J connectivity index is 2.38. The predicted molar refractivity (Wildman–Crippen MR) is 35.9 cm³/mol. The number of rotatable bonds is 3. The van der Waals surface area contributed by atoms with Crippen molar-refractivity contribution in [3.63, 3.8) is 0 Å². The van der Waals surface area contributed by atoms with Gasteiger partial charge in [0.15, 0.2) is 11.3 Å². The first kappa shape index (κ1) is 6.29. The van der Waals surface area contributed by atoms with Gasteiger partial charge in [-0.25, -0.2) is 0 Å². The Morgan fingerprint density at radius 2 is 2.67 bits per heavy atom. The number of thiophene rings is 1. The number of carbonyl (C=O) groups excluding carboxylic acids is 1. The van der Waals surface area contributed by atoms with Crippen LogP contribution in [0, 0.1) is 0 Å². The van der Waals surface area contributed by atoms with Gasteiger partial charge in [0.1, 0.15) is 6.61 Å². The third-order valence-electron chi connectivity index (χ3n) is 0.789. The zero-order chi connectivity index (χ0) is 6.53. The molecule has 0 aliphatic carbocycles. The summed E-state index contributed by atoms with van der Waals surface area (Å²) < 4.78 is 4.95. The van der Waals surface area contributed by atoms with Gasteiger partial charge in [-0.05, 0) is 17.5 Å². The maximum atomic E-state index is 9.78. The summed E-state index contributed by atoms with van der Waals surface area (Å²) in [4.78, 5) is 9.78. The van der Waals surface area contributed by atoms with Crippen molar-refractivity contribution in [1.82, 2.24) is 0 Å². The van der Waals surface area contributed by atoms with Crippen LogP contribution in [0.1, 0.15) is 0 Å². The van der Waals surface area contributed by atoms with Crippen LogP contribution in [0.15, 0.2) is 17.5 Å². The molecule has 0 spiro atoms. The molecule has 0 fully saturated rings. The van der Waals surface area contributed by atoms with E-state index in [1.807, 2.05) is 17.5 Å². The topological polar surface area (TPSA) is 26.3 Å². The smallest absolute Gasteiger partial charge is 0.174 e. The molecule has 0 bridgehead atoms. The van der Waals surface area contributed by atoms with Crippen molar-refractivity contribution in [1.29, 1.82) is 0 Å². The molecule has 0 radical (unpaired) electrons. The van der Waals surface area contributed by atoms with Crippen LogP contribution in [-0.2, 0) is 4.79 Å². The Bertz CT molecular complexity index is 169. The number of hydrogen-bond donors (Lipinski definition) is 0. The highest BCUT2D eigenvalue weighted by Gasteiger charge is 1.89. The third kappa shape index (κ3) is 1.85. The second-order valence-electron chi connectivity index (χ2n) is 1.41. The lowest BCUT2D eigenvalue weighted by atomic mass is 10.6. The molecule has 48 valence electrons. The first-order valence-corrected chi connectivity index (χ1v) is 3.41. The maximum absolute atomic E-state index is 9.78. The van der Waals surface area contributed by atoms with Crippen molar-refractivity contribution < 1.29 is 9.53 Å². The van der Waals surface area contributed by atoms with Gasteiger partial charge in [-0.2, -0.15) is 0 Å². The van der Waals surface area contributed by atoms with Gasteiger partial charge < -0.3 is 4.74 Å². The van der Waals surface area contributed by atoms with E-state index in [-0.39, 0.29) is 6.61 Å². The summed E-state index contributed by atoms with van der Waals surface area (Å²) in [5.41, 5.74) is 0. The van der Waals surface area contributed by atoms with Crippen LogP contribution >= 0.6 is 11.3 Å². The van der Waals surface area contributed by atoms with Gasteiger partial charge >= 0.3 is 0 Å². The number of carbonyl (C=O) groups is 1. The van der Waals surface area contributed by atoms with E-state index < -0.39 is 0 Å². The van der Waals surface area contributed by atoms with Gasteiger partial charge in [-0.3, -0.25) is 4.79 Å². The van der Waals surface area contributed by atoms with Crippen molar-refractivity contribution in [2.24, 2.45) is 0 Å². The Morgan fingerprint density at radius 1 is 1.78 bits per heavy atom. The van der Waals surface area contributed by atoms with Crippen molar-refractivity contribution in [3.8, 4) is 5.06 Å². The molecule has 3 heteroatoms. The molecule has 1 heterocycles. The predicted octanol–water partition coefficient (Wildman–Crippen LogP) is 1.33. The lowest BCUT2D eigenvalue weighted by molar-refractivity contribution is -0.109. The number of aldehydes is 1. The molecular weight excluding hydrogens is 136 g/mol. The molecule has 1 aromatic rings. The molecule has 0 aromatic carbocycles. The first-order chi connectivity index (χ1) is 4.43. The van der Waals surface area contributed by atoms with E-state index in [1.54, 1.807) is 0 Å². The molecule has 0 saturated heterocycles. The van der Waals surface area contributed by atoms with Crippen LogP contribution in [-0.4, -0.2) is 12.9 Å². The third-order valence-corrected chi connectivity index (χ3v) is 1.57. The van der Waals surface area contributed by atoms with Crippen molar-refractivity contribution in [2.75, 3.05) is 6.61 Å². The molecule has 0 unspecified atom stereocenters. The highest BCUT2D eigenvalue weighted by molar-refractivity contribution is 7.11. The second kappa shape index (κ2) is 3.25. The zero-order valence-electron chi connectivity index (χ0n) is 4.74. The van der Waals surface area contributed by atoms with Crippen LogP contribution < -0.4 is 4.74 Å².